The van der Waals surface area contributed by atoms with E-state index in [1.807, 2.05) is 0 Å². The van der Waals surface area contributed by atoms with E-state index in [1.54, 1.807) is 0 Å². The molecule has 0 bridgehead atoms. The largest absolute Gasteiger partial charge is 0.369 e. The van der Waals surface area contributed by atoms with Gasteiger partial charge in [-0.15, -0.1) is 0 Å². The zero-order valence-corrected chi connectivity index (χ0v) is 13.7. The van der Waals surface area contributed by atoms with Gasteiger partial charge in [0.05, 0.1) is 0 Å². The summed E-state index contributed by atoms with van der Waals surface area (Å²) in [7, 11) is 0. The second-order valence-electron chi connectivity index (χ2n) is 7.83. The molecule has 3 aliphatic heterocycles. The molecule has 0 saturated carbocycles. The number of nitrogens with two attached hydrogens (primary N) is 1. The molecule has 5 nitrogen and oxygen atoms in total. The van der Waals surface area contributed by atoms with Gasteiger partial charge in [-0.05, 0) is 95.5 Å². The topological polar surface area (TPSA) is 79.2 Å². The molecule has 3 saturated heterocycles. The van der Waals surface area contributed by atoms with E-state index in [0.717, 1.165) is 58.5 Å². The van der Waals surface area contributed by atoms with Crippen LogP contribution in [0.5, 0.6) is 0 Å². The molecule has 1 amide bonds. The molecule has 3 aliphatic rings. The monoisotopic (exact) mass is 308 g/mol. The van der Waals surface area contributed by atoms with E-state index in [2.05, 4.69) is 16.0 Å². The summed E-state index contributed by atoms with van der Waals surface area (Å²) in [5.41, 5.74) is 5.72. The molecule has 5 N–H and O–H groups in total. The van der Waals surface area contributed by atoms with Gasteiger partial charge in [-0.25, -0.2) is 0 Å². The van der Waals surface area contributed by atoms with Gasteiger partial charge in [-0.3, -0.25) is 4.79 Å². The lowest BCUT2D eigenvalue weighted by atomic mass is 9.67. The van der Waals surface area contributed by atoms with Crippen molar-refractivity contribution in [2.75, 3.05) is 39.3 Å². The number of carbonyl (C=O) groups excluding carboxylic acids is 1. The molecule has 5 heteroatoms. The van der Waals surface area contributed by atoms with Gasteiger partial charge in [0, 0.05) is 5.41 Å². The smallest absolute Gasteiger partial charge is 0.223 e. The standard InChI is InChI=1S/C17H32N4O/c18-16(22)17(7-13-1-4-19-10-13,8-14-2-5-20-11-14)9-15-3-6-21-12-15/h13-15,19-21H,1-12H2,(H2,18,22)/t13-,14-,15-/m0/s1. The maximum absolute atomic E-state index is 12.5. The second kappa shape index (κ2) is 7.28. The molecule has 0 aromatic heterocycles. The van der Waals surface area contributed by atoms with Crippen LogP contribution in [0.15, 0.2) is 0 Å². The Morgan fingerprint density at radius 3 is 1.41 bits per heavy atom. The third kappa shape index (κ3) is 3.81. The van der Waals surface area contributed by atoms with Crippen molar-refractivity contribution < 1.29 is 4.79 Å². The molecule has 126 valence electrons. The number of hydrogen-bond acceptors (Lipinski definition) is 4. The molecule has 22 heavy (non-hydrogen) atoms. The first-order chi connectivity index (χ1) is 10.7. The summed E-state index contributed by atoms with van der Waals surface area (Å²) in [6, 6.07) is 0. The van der Waals surface area contributed by atoms with E-state index < -0.39 is 0 Å². The predicted octanol–water partition coefficient (Wildman–Crippen LogP) is 0.457. The average Bonchev–Trinajstić information content (AvgIpc) is 3.20. The molecule has 0 radical (unpaired) electrons. The fourth-order valence-corrected chi connectivity index (χ4v) is 4.88. The van der Waals surface area contributed by atoms with Crippen LogP contribution in [0.4, 0.5) is 0 Å². The Morgan fingerprint density at radius 2 is 1.18 bits per heavy atom. The highest BCUT2D eigenvalue weighted by atomic mass is 16.1. The minimum Gasteiger partial charge on any atom is -0.369 e. The van der Waals surface area contributed by atoms with Gasteiger partial charge in [0.1, 0.15) is 0 Å². The van der Waals surface area contributed by atoms with E-state index in [1.165, 1.54) is 19.3 Å². The molecule has 0 aromatic carbocycles. The van der Waals surface area contributed by atoms with Crippen molar-refractivity contribution in [3.05, 3.63) is 0 Å². The molecule has 3 rings (SSSR count). The van der Waals surface area contributed by atoms with Crippen LogP contribution in [0.2, 0.25) is 0 Å². The minimum atomic E-state index is -0.288. The van der Waals surface area contributed by atoms with E-state index in [9.17, 15) is 4.79 Å². The number of hydrogen-bond donors (Lipinski definition) is 4. The number of nitrogens with one attached hydrogen (secondary N) is 3. The Hall–Kier alpha value is -0.650. The van der Waals surface area contributed by atoms with Crippen molar-refractivity contribution in [2.24, 2.45) is 28.9 Å². The van der Waals surface area contributed by atoms with Crippen LogP contribution in [0, 0.1) is 23.2 Å². The molecule has 0 aromatic rings. The number of rotatable bonds is 7. The highest BCUT2D eigenvalue weighted by Gasteiger charge is 2.43. The number of carbonyl (C=O) groups is 1. The molecule has 0 unspecified atom stereocenters. The maximum Gasteiger partial charge on any atom is 0.223 e. The Balaban J connectivity index is 1.73. The third-order valence-corrected chi connectivity index (χ3v) is 6.05. The second-order valence-corrected chi connectivity index (χ2v) is 7.83. The molecule has 3 atom stereocenters. The highest BCUT2D eigenvalue weighted by Crippen LogP contribution is 2.43. The number of primary amides is 1. The summed E-state index contributed by atoms with van der Waals surface area (Å²) < 4.78 is 0. The first-order valence-corrected chi connectivity index (χ1v) is 9.10. The summed E-state index contributed by atoms with van der Waals surface area (Å²) in [5, 5.41) is 10.3. The van der Waals surface area contributed by atoms with Crippen LogP contribution in [0.25, 0.3) is 0 Å². The van der Waals surface area contributed by atoms with E-state index in [-0.39, 0.29) is 11.3 Å². The molecule has 3 fully saturated rings. The Morgan fingerprint density at radius 1 is 0.818 bits per heavy atom. The molecule has 0 spiro atoms. The van der Waals surface area contributed by atoms with Crippen LogP contribution in [0.1, 0.15) is 38.5 Å². The van der Waals surface area contributed by atoms with Crippen molar-refractivity contribution in [2.45, 2.75) is 38.5 Å². The van der Waals surface area contributed by atoms with Gasteiger partial charge in [-0.2, -0.15) is 0 Å². The fraction of sp³-hybridized carbons (Fsp3) is 0.941. The van der Waals surface area contributed by atoms with E-state index in [4.69, 9.17) is 5.73 Å². The zero-order chi connectivity index (χ0) is 15.4. The minimum absolute atomic E-state index is 0.0433. The number of amides is 1. The summed E-state index contributed by atoms with van der Waals surface area (Å²) in [6.45, 7) is 6.45. The van der Waals surface area contributed by atoms with Gasteiger partial charge >= 0.3 is 0 Å². The molecular weight excluding hydrogens is 276 g/mol. The highest BCUT2D eigenvalue weighted by molar-refractivity contribution is 5.81. The fourth-order valence-electron chi connectivity index (χ4n) is 4.88. The first-order valence-electron chi connectivity index (χ1n) is 9.10. The van der Waals surface area contributed by atoms with Crippen molar-refractivity contribution in [1.82, 2.24) is 16.0 Å². The molecular formula is C17H32N4O. The van der Waals surface area contributed by atoms with Gasteiger partial charge in [0.25, 0.3) is 0 Å². The van der Waals surface area contributed by atoms with Gasteiger partial charge in [-0.1, -0.05) is 0 Å². The van der Waals surface area contributed by atoms with Crippen molar-refractivity contribution in [1.29, 1.82) is 0 Å². The lowest BCUT2D eigenvalue weighted by Crippen LogP contribution is -2.42. The average molecular weight is 308 g/mol. The third-order valence-electron chi connectivity index (χ3n) is 6.05. The summed E-state index contributed by atoms with van der Waals surface area (Å²) in [5.74, 6) is 1.82. The quantitative estimate of drug-likeness (QED) is 0.551. The van der Waals surface area contributed by atoms with E-state index in [0.29, 0.717) is 17.8 Å². The van der Waals surface area contributed by atoms with Gasteiger partial charge < -0.3 is 21.7 Å². The summed E-state index contributed by atoms with van der Waals surface area (Å²) in [4.78, 5) is 12.5. The first kappa shape index (κ1) is 16.2. The zero-order valence-electron chi connectivity index (χ0n) is 13.7. The van der Waals surface area contributed by atoms with Crippen LogP contribution >= 0.6 is 0 Å². The van der Waals surface area contributed by atoms with Gasteiger partial charge in [0.2, 0.25) is 5.91 Å². The van der Waals surface area contributed by atoms with Crippen LogP contribution in [0.3, 0.4) is 0 Å². The van der Waals surface area contributed by atoms with Crippen LogP contribution in [-0.4, -0.2) is 45.2 Å². The molecule has 3 heterocycles. The van der Waals surface area contributed by atoms with Gasteiger partial charge in [0.15, 0.2) is 0 Å². The van der Waals surface area contributed by atoms with Crippen molar-refractivity contribution in [3.63, 3.8) is 0 Å². The van der Waals surface area contributed by atoms with Crippen molar-refractivity contribution in [3.8, 4) is 0 Å². The lowest BCUT2D eigenvalue weighted by Gasteiger charge is -2.37. The summed E-state index contributed by atoms with van der Waals surface area (Å²) in [6.07, 6.45) is 6.55. The Kier molecular flexibility index (Phi) is 5.37. The Bertz CT molecular complexity index is 323. The molecule has 0 aliphatic carbocycles. The lowest BCUT2D eigenvalue weighted by molar-refractivity contribution is -0.131. The maximum atomic E-state index is 12.5. The summed E-state index contributed by atoms with van der Waals surface area (Å²) >= 11 is 0. The normalized spacial score (nSPS) is 32.6. The van der Waals surface area contributed by atoms with Crippen LogP contribution in [-0.2, 0) is 4.79 Å². The van der Waals surface area contributed by atoms with E-state index >= 15 is 0 Å². The van der Waals surface area contributed by atoms with Crippen molar-refractivity contribution >= 4 is 5.91 Å². The Labute approximate surface area is 134 Å². The SMILES string of the molecule is NC(=O)C(C[C@@H]1CCNC1)(C[C@@H]1CCNC1)C[C@@H]1CCNC1. The van der Waals surface area contributed by atoms with Crippen LogP contribution < -0.4 is 21.7 Å². The predicted molar refractivity (Wildman–Crippen MR) is 88.4 cm³/mol.